The van der Waals surface area contributed by atoms with Crippen molar-refractivity contribution in [2.75, 3.05) is 20.1 Å². The highest BCUT2D eigenvalue weighted by atomic mass is 16.3. The molecule has 2 fully saturated rings. The van der Waals surface area contributed by atoms with Crippen molar-refractivity contribution in [2.45, 2.75) is 50.8 Å². The quantitative estimate of drug-likeness (QED) is 0.774. The summed E-state index contributed by atoms with van der Waals surface area (Å²) in [6.45, 7) is 1.89. The molecule has 16 heavy (non-hydrogen) atoms. The Morgan fingerprint density at radius 2 is 2.19 bits per heavy atom. The molecular weight excluding hydrogens is 204 g/mol. The minimum atomic E-state index is -0.534. The Morgan fingerprint density at radius 1 is 1.38 bits per heavy atom. The van der Waals surface area contributed by atoms with Crippen molar-refractivity contribution in [3.05, 3.63) is 0 Å². The van der Waals surface area contributed by atoms with Crippen LogP contribution in [-0.4, -0.2) is 53.2 Å². The SMILES string of the molecule is CN1CCCC1CCN1C(=O)CCCC1O. The third-order valence-corrected chi connectivity index (χ3v) is 3.91. The second kappa shape index (κ2) is 5.15. The van der Waals surface area contributed by atoms with Crippen molar-refractivity contribution >= 4 is 5.91 Å². The molecule has 2 unspecified atom stereocenters. The summed E-state index contributed by atoms with van der Waals surface area (Å²) in [6, 6.07) is 0.599. The Labute approximate surface area is 97.2 Å². The second-order valence-electron chi connectivity index (χ2n) is 5.03. The summed E-state index contributed by atoms with van der Waals surface area (Å²) in [5.41, 5.74) is 0. The van der Waals surface area contributed by atoms with Gasteiger partial charge in [0.1, 0.15) is 6.23 Å². The average molecular weight is 226 g/mol. The molecule has 2 heterocycles. The Morgan fingerprint density at radius 3 is 2.81 bits per heavy atom. The van der Waals surface area contributed by atoms with Crippen molar-refractivity contribution in [1.82, 2.24) is 9.80 Å². The minimum Gasteiger partial charge on any atom is -0.374 e. The van der Waals surface area contributed by atoms with Crippen LogP contribution < -0.4 is 0 Å². The molecule has 0 bridgehead atoms. The molecular formula is C12H22N2O2. The van der Waals surface area contributed by atoms with Crippen molar-refractivity contribution < 1.29 is 9.90 Å². The maximum atomic E-state index is 11.6. The van der Waals surface area contributed by atoms with Crippen LogP contribution in [0.2, 0.25) is 0 Å². The molecule has 0 saturated carbocycles. The van der Waals surface area contributed by atoms with Gasteiger partial charge in [0, 0.05) is 19.0 Å². The lowest BCUT2D eigenvalue weighted by Gasteiger charge is -2.33. The van der Waals surface area contributed by atoms with Gasteiger partial charge in [-0.1, -0.05) is 0 Å². The second-order valence-corrected chi connectivity index (χ2v) is 5.03. The van der Waals surface area contributed by atoms with Crippen molar-refractivity contribution in [2.24, 2.45) is 0 Å². The monoisotopic (exact) mass is 226 g/mol. The van der Waals surface area contributed by atoms with Gasteiger partial charge in [0.15, 0.2) is 0 Å². The van der Waals surface area contributed by atoms with Crippen LogP contribution in [0.5, 0.6) is 0 Å². The van der Waals surface area contributed by atoms with E-state index in [1.165, 1.54) is 19.4 Å². The molecule has 2 rings (SSSR count). The van der Waals surface area contributed by atoms with E-state index < -0.39 is 6.23 Å². The zero-order chi connectivity index (χ0) is 11.5. The summed E-state index contributed by atoms with van der Waals surface area (Å²) < 4.78 is 0. The summed E-state index contributed by atoms with van der Waals surface area (Å²) in [5, 5.41) is 9.77. The molecule has 0 aromatic carbocycles. The highest BCUT2D eigenvalue weighted by Crippen LogP contribution is 2.21. The lowest BCUT2D eigenvalue weighted by molar-refractivity contribution is -0.146. The summed E-state index contributed by atoms with van der Waals surface area (Å²) in [5.74, 6) is 0.124. The van der Waals surface area contributed by atoms with Crippen LogP contribution in [0, 0.1) is 0 Å². The van der Waals surface area contributed by atoms with Crippen LogP contribution in [0.15, 0.2) is 0 Å². The fourth-order valence-corrected chi connectivity index (χ4v) is 2.81. The molecule has 0 spiro atoms. The number of amides is 1. The summed E-state index contributed by atoms with van der Waals surface area (Å²) in [7, 11) is 2.14. The van der Waals surface area contributed by atoms with E-state index in [9.17, 15) is 9.90 Å². The fourth-order valence-electron chi connectivity index (χ4n) is 2.81. The van der Waals surface area contributed by atoms with Gasteiger partial charge in [-0.3, -0.25) is 4.79 Å². The average Bonchev–Trinajstić information content (AvgIpc) is 2.64. The van der Waals surface area contributed by atoms with Crippen LogP contribution in [0.4, 0.5) is 0 Å². The van der Waals surface area contributed by atoms with Gasteiger partial charge in [-0.25, -0.2) is 0 Å². The number of aliphatic hydroxyl groups excluding tert-OH is 1. The molecule has 2 aliphatic rings. The largest absolute Gasteiger partial charge is 0.374 e. The van der Waals surface area contributed by atoms with E-state index in [2.05, 4.69) is 11.9 Å². The number of nitrogens with zero attached hydrogens (tertiary/aromatic N) is 2. The summed E-state index contributed by atoms with van der Waals surface area (Å²) in [6.07, 6.45) is 5.14. The summed E-state index contributed by atoms with van der Waals surface area (Å²) in [4.78, 5) is 15.7. The number of carbonyl (C=O) groups is 1. The smallest absolute Gasteiger partial charge is 0.224 e. The Balaban J connectivity index is 1.81. The first-order chi connectivity index (χ1) is 7.68. The van der Waals surface area contributed by atoms with Crippen molar-refractivity contribution in [1.29, 1.82) is 0 Å². The number of aliphatic hydroxyl groups is 1. The molecule has 1 amide bonds. The third kappa shape index (κ3) is 2.55. The van der Waals surface area contributed by atoms with Gasteiger partial charge in [0.25, 0.3) is 0 Å². The fraction of sp³-hybridized carbons (Fsp3) is 0.917. The number of likely N-dealkylation sites (tertiary alicyclic amines) is 2. The van der Waals surface area contributed by atoms with Crippen molar-refractivity contribution in [3.63, 3.8) is 0 Å². The van der Waals surface area contributed by atoms with Gasteiger partial charge in [-0.15, -0.1) is 0 Å². The first-order valence-corrected chi connectivity index (χ1v) is 6.36. The van der Waals surface area contributed by atoms with E-state index in [4.69, 9.17) is 0 Å². The van der Waals surface area contributed by atoms with Crippen LogP contribution in [0.3, 0.4) is 0 Å². The lowest BCUT2D eigenvalue weighted by atomic mass is 10.1. The van der Waals surface area contributed by atoms with E-state index in [0.717, 1.165) is 25.8 Å². The topological polar surface area (TPSA) is 43.8 Å². The standard InChI is InChI=1S/C12H22N2O2/c1-13-8-3-4-10(13)7-9-14-11(15)5-2-6-12(14)16/h10-11,15H,2-9H2,1H3. The molecule has 4 nitrogen and oxygen atoms in total. The number of carbonyl (C=O) groups excluding carboxylic acids is 1. The molecule has 0 aromatic heterocycles. The third-order valence-electron chi connectivity index (χ3n) is 3.91. The maximum Gasteiger partial charge on any atom is 0.224 e. The number of hydrogen-bond donors (Lipinski definition) is 1. The summed E-state index contributed by atoms with van der Waals surface area (Å²) >= 11 is 0. The first kappa shape index (κ1) is 11.9. The predicted octanol–water partition coefficient (Wildman–Crippen LogP) is 0.802. The molecule has 2 aliphatic heterocycles. The molecule has 0 aliphatic carbocycles. The molecule has 2 atom stereocenters. The first-order valence-electron chi connectivity index (χ1n) is 6.36. The molecule has 4 heteroatoms. The van der Waals surface area contributed by atoms with E-state index in [0.29, 0.717) is 12.5 Å². The molecule has 2 saturated heterocycles. The zero-order valence-corrected chi connectivity index (χ0v) is 10.1. The van der Waals surface area contributed by atoms with Crippen LogP contribution in [-0.2, 0) is 4.79 Å². The number of piperidine rings is 1. The van der Waals surface area contributed by atoms with Gasteiger partial charge in [0.05, 0.1) is 0 Å². The number of hydrogen-bond acceptors (Lipinski definition) is 3. The normalized spacial score (nSPS) is 32.4. The van der Waals surface area contributed by atoms with Gasteiger partial charge in [-0.2, -0.15) is 0 Å². The highest BCUT2D eigenvalue weighted by Gasteiger charge is 2.28. The van der Waals surface area contributed by atoms with Gasteiger partial charge < -0.3 is 14.9 Å². The molecule has 92 valence electrons. The Bertz CT molecular complexity index is 257. The predicted molar refractivity (Wildman–Crippen MR) is 61.8 cm³/mol. The Kier molecular flexibility index (Phi) is 3.82. The highest BCUT2D eigenvalue weighted by molar-refractivity contribution is 5.77. The number of rotatable bonds is 3. The van der Waals surface area contributed by atoms with Crippen LogP contribution >= 0.6 is 0 Å². The lowest BCUT2D eigenvalue weighted by Crippen LogP contribution is -2.45. The molecule has 1 N–H and O–H groups in total. The van der Waals surface area contributed by atoms with Gasteiger partial charge in [-0.05, 0) is 45.7 Å². The van der Waals surface area contributed by atoms with E-state index >= 15 is 0 Å². The Hall–Kier alpha value is -0.610. The van der Waals surface area contributed by atoms with Gasteiger partial charge >= 0.3 is 0 Å². The maximum absolute atomic E-state index is 11.6. The molecule has 0 aromatic rings. The molecule has 0 radical (unpaired) electrons. The van der Waals surface area contributed by atoms with Gasteiger partial charge in [0.2, 0.25) is 5.91 Å². The van der Waals surface area contributed by atoms with Crippen LogP contribution in [0.25, 0.3) is 0 Å². The van der Waals surface area contributed by atoms with E-state index in [1.807, 2.05) is 0 Å². The van der Waals surface area contributed by atoms with E-state index in [1.54, 1.807) is 4.90 Å². The van der Waals surface area contributed by atoms with Crippen LogP contribution in [0.1, 0.15) is 38.5 Å². The minimum absolute atomic E-state index is 0.124. The van der Waals surface area contributed by atoms with E-state index in [-0.39, 0.29) is 5.91 Å². The van der Waals surface area contributed by atoms with Crippen molar-refractivity contribution in [3.8, 4) is 0 Å². The zero-order valence-electron chi connectivity index (χ0n) is 10.1.